The van der Waals surface area contributed by atoms with Crippen molar-refractivity contribution in [2.45, 2.75) is 70.2 Å². The number of nitrogens with zero attached hydrogens (tertiary/aromatic N) is 2. The lowest BCUT2D eigenvalue weighted by molar-refractivity contribution is 0.271. The first-order chi connectivity index (χ1) is 9.45. The molecule has 1 fully saturated rings. The molecule has 0 amide bonds. The van der Waals surface area contributed by atoms with Gasteiger partial charge in [0.2, 0.25) is 10.0 Å². The minimum atomic E-state index is -3.47. The van der Waals surface area contributed by atoms with Gasteiger partial charge in [0.25, 0.3) is 0 Å². The molecule has 0 radical (unpaired) electrons. The molecule has 2 heterocycles. The molecule has 1 N–H and O–H groups in total. The molecule has 0 aliphatic carbocycles. The van der Waals surface area contributed by atoms with Gasteiger partial charge in [-0.3, -0.25) is 0 Å². The summed E-state index contributed by atoms with van der Waals surface area (Å²) in [5, 5.41) is 9.31. The average molecular weight is 300 g/mol. The van der Waals surface area contributed by atoms with Crippen molar-refractivity contribution < 1.29 is 13.5 Å². The Kier molecular flexibility index (Phi) is 4.56. The van der Waals surface area contributed by atoms with Crippen molar-refractivity contribution in [3.63, 3.8) is 0 Å². The monoisotopic (exact) mass is 300 g/mol. The summed E-state index contributed by atoms with van der Waals surface area (Å²) in [5.41, 5.74) is 0.644. The van der Waals surface area contributed by atoms with Gasteiger partial charge in [-0.25, -0.2) is 8.42 Å². The van der Waals surface area contributed by atoms with Gasteiger partial charge < -0.3 is 9.67 Å². The number of aliphatic hydroxyl groups excluding tert-OH is 1. The molecule has 1 aromatic rings. The molecule has 114 valence electrons. The van der Waals surface area contributed by atoms with Gasteiger partial charge in [0, 0.05) is 30.5 Å². The molecule has 20 heavy (non-hydrogen) atoms. The van der Waals surface area contributed by atoms with Crippen molar-refractivity contribution in [2.75, 3.05) is 0 Å². The van der Waals surface area contributed by atoms with E-state index in [1.54, 1.807) is 21.1 Å². The summed E-state index contributed by atoms with van der Waals surface area (Å²) in [6.45, 7) is 6.44. The molecule has 1 aromatic heterocycles. The second-order valence-electron chi connectivity index (χ2n) is 5.43. The normalized spacial score (nSPS) is 24.4. The SMILES string of the molecule is CCC1CCC(C)N1S(=O)(=O)c1cc(CO)n(CC)c1. The van der Waals surface area contributed by atoms with E-state index in [4.69, 9.17) is 0 Å². The Morgan fingerprint density at radius 1 is 1.35 bits per heavy atom. The van der Waals surface area contributed by atoms with Crippen LogP contribution >= 0.6 is 0 Å². The maximum Gasteiger partial charge on any atom is 0.245 e. The van der Waals surface area contributed by atoms with Crippen LogP contribution in [0, 0.1) is 0 Å². The molecule has 0 spiro atoms. The van der Waals surface area contributed by atoms with Crippen LogP contribution in [0.15, 0.2) is 17.2 Å². The van der Waals surface area contributed by atoms with E-state index >= 15 is 0 Å². The maximum atomic E-state index is 12.8. The number of hydrogen-bond acceptors (Lipinski definition) is 3. The largest absolute Gasteiger partial charge is 0.390 e. The van der Waals surface area contributed by atoms with E-state index in [9.17, 15) is 13.5 Å². The lowest BCUT2D eigenvalue weighted by Gasteiger charge is -2.26. The Morgan fingerprint density at radius 3 is 2.55 bits per heavy atom. The van der Waals surface area contributed by atoms with Gasteiger partial charge in [0.1, 0.15) is 4.90 Å². The van der Waals surface area contributed by atoms with Gasteiger partial charge in [-0.1, -0.05) is 6.92 Å². The van der Waals surface area contributed by atoms with Gasteiger partial charge in [-0.2, -0.15) is 4.31 Å². The number of sulfonamides is 1. The van der Waals surface area contributed by atoms with E-state index in [-0.39, 0.29) is 18.7 Å². The molecule has 2 rings (SSSR count). The Hall–Kier alpha value is -0.850. The van der Waals surface area contributed by atoms with E-state index in [2.05, 4.69) is 0 Å². The van der Waals surface area contributed by atoms with Crippen LogP contribution in [-0.4, -0.2) is 34.5 Å². The number of hydrogen-bond donors (Lipinski definition) is 1. The summed E-state index contributed by atoms with van der Waals surface area (Å²) in [7, 11) is -3.47. The second kappa shape index (κ2) is 5.87. The van der Waals surface area contributed by atoms with Crippen LogP contribution in [0.5, 0.6) is 0 Å². The Balaban J connectivity index is 2.41. The summed E-state index contributed by atoms with van der Waals surface area (Å²) < 4.78 is 29.1. The fourth-order valence-corrected chi connectivity index (χ4v) is 5.09. The van der Waals surface area contributed by atoms with E-state index in [0.29, 0.717) is 17.1 Å². The predicted molar refractivity (Wildman–Crippen MR) is 77.8 cm³/mol. The van der Waals surface area contributed by atoms with Crippen LogP contribution in [-0.2, 0) is 23.2 Å². The van der Waals surface area contributed by atoms with Crippen molar-refractivity contribution >= 4 is 10.0 Å². The lowest BCUT2D eigenvalue weighted by Crippen LogP contribution is -2.39. The van der Waals surface area contributed by atoms with Gasteiger partial charge in [-0.05, 0) is 39.2 Å². The fraction of sp³-hybridized carbons (Fsp3) is 0.714. The molecular weight excluding hydrogens is 276 g/mol. The quantitative estimate of drug-likeness (QED) is 0.904. The molecule has 1 saturated heterocycles. The van der Waals surface area contributed by atoms with Crippen LogP contribution < -0.4 is 0 Å². The molecular formula is C14H24N2O3S. The van der Waals surface area contributed by atoms with E-state index in [1.165, 1.54) is 0 Å². The smallest absolute Gasteiger partial charge is 0.245 e. The molecule has 1 aliphatic rings. The zero-order valence-electron chi connectivity index (χ0n) is 12.4. The first-order valence-corrected chi connectivity index (χ1v) is 8.73. The molecule has 1 aliphatic heterocycles. The molecule has 2 unspecified atom stereocenters. The summed E-state index contributed by atoms with van der Waals surface area (Å²) >= 11 is 0. The average Bonchev–Trinajstić information content (AvgIpc) is 3.01. The van der Waals surface area contributed by atoms with Crippen LogP contribution in [0.2, 0.25) is 0 Å². The highest BCUT2D eigenvalue weighted by molar-refractivity contribution is 7.89. The van der Waals surface area contributed by atoms with Gasteiger partial charge in [-0.15, -0.1) is 0 Å². The number of aryl methyl sites for hydroxylation is 1. The van der Waals surface area contributed by atoms with E-state index < -0.39 is 10.0 Å². The molecule has 0 saturated carbocycles. The maximum absolute atomic E-state index is 12.8. The molecule has 6 heteroatoms. The van der Waals surface area contributed by atoms with Crippen molar-refractivity contribution in [1.82, 2.24) is 8.87 Å². The van der Waals surface area contributed by atoms with Crippen molar-refractivity contribution in [3.05, 3.63) is 18.0 Å². The Labute approximate surface area is 121 Å². The first kappa shape index (κ1) is 15.5. The second-order valence-corrected chi connectivity index (χ2v) is 7.28. The number of aliphatic hydroxyl groups is 1. The minimum absolute atomic E-state index is 0.0486. The highest BCUT2D eigenvalue weighted by Gasteiger charge is 2.39. The third kappa shape index (κ3) is 2.52. The topological polar surface area (TPSA) is 62.5 Å². The third-order valence-corrected chi connectivity index (χ3v) is 6.25. The predicted octanol–water partition coefficient (Wildman–Crippen LogP) is 1.95. The summed E-state index contributed by atoms with van der Waals surface area (Å²) in [6.07, 6.45) is 4.32. The highest BCUT2D eigenvalue weighted by atomic mass is 32.2. The van der Waals surface area contributed by atoms with Crippen LogP contribution in [0.3, 0.4) is 0 Å². The minimum Gasteiger partial charge on any atom is -0.390 e. The van der Waals surface area contributed by atoms with Gasteiger partial charge in [0.05, 0.1) is 6.61 Å². The summed E-state index contributed by atoms with van der Waals surface area (Å²) in [4.78, 5) is 0.301. The third-order valence-electron chi connectivity index (χ3n) is 4.22. The van der Waals surface area contributed by atoms with Crippen LogP contribution in [0.4, 0.5) is 0 Å². The Morgan fingerprint density at radius 2 is 2.05 bits per heavy atom. The summed E-state index contributed by atoms with van der Waals surface area (Å²) in [6, 6.07) is 1.74. The molecule has 0 aromatic carbocycles. The zero-order chi connectivity index (χ0) is 14.9. The van der Waals surface area contributed by atoms with E-state index in [1.807, 2.05) is 20.8 Å². The standard InChI is InChI=1S/C14H24N2O3S/c1-4-12-7-6-11(3)16(12)20(18,19)14-8-13(10-17)15(5-2)9-14/h8-9,11-12,17H,4-7,10H2,1-3H3. The van der Waals surface area contributed by atoms with Crippen molar-refractivity contribution in [3.8, 4) is 0 Å². The summed E-state index contributed by atoms with van der Waals surface area (Å²) in [5.74, 6) is 0. The number of rotatable bonds is 5. The molecule has 2 atom stereocenters. The lowest BCUT2D eigenvalue weighted by atomic mass is 10.2. The molecule has 0 bridgehead atoms. The van der Waals surface area contributed by atoms with Crippen molar-refractivity contribution in [2.24, 2.45) is 0 Å². The first-order valence-electron chi connectivity index (χ1n) is 7.29. The number of aromatic nitrogens is 1. The van der Waals surface area contributed by atoms with Crippen LogP contribution in [0.1, 0.15) is 45.7 Å². The zero-order valence-corrected chi connectivity index (χ0v) is 13.2. The van der Waals surface area contributed by atoms with Gasteiger partial charge in [0.15, 0.2) is 0 Å². The van der Waals surface area contributed by atoms with Gasteiger partial charge >= 0.3 is 0 Å². The van der Waals surface area contributed by atoms with E-state index in [0.717, 1.165) is 19.3 Å². The van der Waals surface area contributed by atoms with Crippen molar-refractivity contribution in [1.29, 1.82) is 0 Å². The Bertz CT molecular complexity index is 543. The highest BCUT2D eigenvalue weighted by Crippen LogP contribution is 2.32. The fourth-order valence-electron chi connectivity index (χ4n) is 3.08. The van der Waals surface area contributed by atoms with Crippen LogP contribution in [0.25, 0.3) is 0 Å². The molecule has 5 nitrogen and oxygen atoms in total.